The summed E-state index contributed by atoms with van der Waals surface area (Å²) in [5.41, 5.74) is 1.95. The standard InChI is InChI=1S/C23H30N4O4S2/c1-15-9-10-18(31-15)14-24-33(29,30)20-13-19(26(4)17(20)3)22-25-16(2)21(32-22)23(28)27-11-7-5-6-8-12-27/h9-10,13,24H,5-8,11-12,14H2,1-4H3. The molecule has 1 N–H and O–H groups in total. The van der Waals surface area contributed by atoms with Crippen LogP contribution in [0.25, 0.3) is 10.7 Å². The lowest BCUT2D eigenvalue weighted by molar-refractivity contribution is 0.0765. The van der Waals surface area contributed by atoms with E-state index in [1.54, 1.807) is 25.1 Å². The summed E-state index contributed by atoms with van der Waals surface area (Å²) in [6.07, 6.45) is 4.37. The third-order valence-corrected chi connectivity index (χ3v) is 8.80. The molecule has 0 unspecified atom stereocenters. The summed E-state index contributed by atoms with van der Waals surface area (Å²) >= 11 is 1.33. The van der Waals surface area contributed by atoms with Gasteiger partial charge in [0.05, 0.1) is 17.9 Å². The minimum absolute atomic E-state index is 0.0207. The van der Waals surface area contributed by atoms with Crippen LogP contribution in [0.5, 0.6) is 0 Å². The number of hydrogen-bond acceptors (Lipinski definition) is 6. The Kier molecular flexibility index (Phi) is 6.78. The number of furan rings is 1. The smallest absolute Gasteiger partial charge is 0.265 e. The fraction of sp³-hybridized carbons (Fsp3) is 0.478. The van der Waals surface area contributed by atoms with Gasteiger partial charge in [-0.1, -0.05) is 12.8 Å². The number of aromatic nitrogens is 2. The molecule has 4 heterocycles. The average molecular weight is 491 g/mol. The van der Waals surface area contributed by atoms with Crippen molar-refractivity contribution in [3.63, 3.8) is 0 Å². The number of thiazole rings is 1. The Bertz CT molecular complexity index is 1260. The molecular weight excluding hydrogens is 460 g/mol. The van der Waals surface area contributed by atoms with Crippen molar-refractivity contribution < 1.29 is 17.6 Å². The second-order valence-electron chi connectivity index (χ2n) is 8.52. The van der Waals surface area contributed by atoms with Crippen molar-refractivity contribution in [2.75, 3.05) is 13.1 Å². The zero-order valence-electron chi connectivity index (χ0n) is 19.5. The van der Waals surface area contributed by atoms with Crippen molar-refractivity contribution >= 4 is 27.3 Å². The van der Waals surface area contributed by atoms with Crippen LogP contribution < -0.4 is 4.72 Å². The SMILES string of the molecule is Cc1ccc(CNS(=O)(=O)c2cc(-c3nc(C)c(C(=O)N4CCCCCC4)s3)n(C)c2C)o1. The normalized spacial score (nSPS) is 15.1. The topological polar surface area (TPSA) is 97.4 Å². The predicted octanol–water partition coefficient (Wildman–Crippen LogP) is 4.16. The van der Waals surface area contributed by atoms with Gasteiger partial charge in [0.15, 0.2) is 0 Å². The molecule has 0 spiro atoms. The van der Waals surface area contributed by atoms with Crippen molar-refractivity contribution in [3.8, 4) is 10.7 Å². The Morgan fingerprint density at radius 3 is 2.48 bits per heavy atom. The first-order valence-corrected chi connectivity index (χ1v) is 13.5. The Labute approximate surface area is 198 Å². The van der Waals surface area contributed by atoms with E-state index in [1.165, 1.54) is 11.3 Å². The molecule has 0 atom stereocenters. The first kappa shape index (κ1) is 23.7. The van der Waals surface area contributed by atoms with E-state index in [2.05, 4.69) is 9.71 Å². The molecule has 0 radical (unpaired) electrons. The van der Waals surface area contributed by atoms with Gasteiger partial charge >= 0.3 is 0 Å². The zero-order chi connectivity index (χ0) is 23.8. The minimum atomic E-state index is -3.76. The largest absolute Gasteiger partial charge is 0.465 e. The van der Waals surface area contributed by atoms with E-state index in [4.69, 9.17) is 4.42 Å². The van der Waals surface area contributed by atoms with Gasteiger partial charge in [-0.3, -0.25) is 4.79 Å². The van der Waals surface area contributed by atoms with E-state index in [-0.39, 0.29) is 17.3 Å². The van der Waals surface area contributed by atoms with Crippen LogP contribution in [0.2, 0.25) is 0 Å². The van der Waals surface area contributed by atoms with Gasteiger partial charge < -0.3 is 13.9 Å². The number of nitrogens with one attached hydrogen (secondary N) is 1. The second kappa shape index (κ2) is 9.44. The van der Waals surface area contributed by atoms with Crippen molar-refractivity contribution in [2.45, 2.75) is 57.9 Å². The number of carbonyl (C=O) groups excluding carboxylic acids is 1. The maximum Gasteiger partial charge on any atom is 0.265 e. The Hall–Kier alpha value is -2.43. The predicted molar refractivity (Wildman–Crippen MR) is 128 cm³/mol. The summed E-state index contributed by atoms with van der Waals surface area (Å²) in [7, 11) is -1.95. The molecule has 33 heavy (non-hydrogen) atoms. The Morgan fingerprint density at radius 1 is 1.15 bits per heavy atom. The van der Waals surface area contributed by atoms with Crippen LogP contribution in [0, 0.1) is 20.8 Å². The highest BCUT2D eigenvalue weighted by atomic mass is 32.2. The van der Waals surface area contributed by atoms with E-state index in [1.807, 2.05) is 30.4 Å². The average Bonchev–Trinajstić information content (AvgIpc) is 3.36. The molecule has 1 fully saturated rings. The number of aryl methyl sites for hydroxylation is 2. The molecule has 4 rings (SSSR count). The maximum absolute atomic E-state index is 13.1. The number of carbonyl (C=O) groups is 1. The molecule has 1 aliphatic heterocycles. The van der Waals surface area contributed by atoms with E-state index < -0.39 is 10.0 Å². The number of rotatable bonds is 6. The maximum atomic E-state index is 13.1. The van der Waals surface area contributed by atoms with Crippen molar-refractivity contribution in [3.05, 3.63) is 46.0 Å². The molecule has 1 amide bonds. The van der Waals surface area contributed by atoms with Crippen LogP contribution >= 0.6 is 11.3 Å². The number of likely N-dealkylation sites (tertiary alicyclic amines) is 1. The van der Waals surface area contributed by atoms with Gasteiger partial charge in [0.2, 0.25) is 10.0 Å². The van der Waals surface area contributed by atoms with Crippen LogP contribution in [0.1, 0.15) is 58.3 Å². The minimum Gasteiger partial charge on any atom is -0.465 e. The van der Waals surface area contributed by atoms with Crippen molar-refractivity contribution in [2.24, 2.45) is 7.05 Å². The van der Waals surface area contributed by atoms with E-state index in [0.717, 1.165) is 44.5 Å². The highest BCUT2D eigenvalue weighted by Crippen LogP contribution is 2.33. The van der Waals surface area contributed by atoms with Crippen LogP contribution in [-0.2, 0) is 23.6 Å². The number of hydrogen-bond donors (Lipinski definition) is 1. The van der Waals surface area contributed by atoms with Crippen LogP contribution in [0.4, 0.5) is 0 Å². The van der Waals surface area contributed by atoms with Gasteiger partial charge in [0.1, 0.15) is 26.3 Å². The van der Waals surface area contributed by atoms with Gasteiger partial charge in [-0.05, 0) is 51.8 Å². The molecule has 3 aromatic heterocycles. The molecule has 8 nitrogen and oxygen atoms in total. The molecule has 1 aliphatic rings. The molecule has 0 bridgehead atoms. The lowest BCUT2D eigenvalue weighted by atomic mass is 10.2. The zero-order valence-corrected chi connectivity index (χ0v) is 21.1. The lowest BCUT2D eigenvalue weighted by Crippen LogP contribution is -2.31. The summed E-state index contributed by atoms with van der Waals surface area (Å²) in [4.78, 5) is 20.5. The van der Waals surface area contributed by atoms with Crippen LogP contribution in [0.15, 0.2) is 27.5 Å². The quantitative estimate of drug-likeness (QED) is 0.560. The first-order chi connectivity index (χ1) is 15.7. The summed E-state index contributed by atoms with van der Waals surface area (Å²) in [6.45, 7) is 7.04. The van der Waals surface area contributed by atoms with Crippen molar-refractivity contribution in [1.29, 1.82) is 0 Å². The molecule has 3 aromatic rings. The Morgan fingerprint density at radius 2 is 1.85 bits per heavy atom. The fourth-order valence-corrected chi connectivity index (χ4v) is 6.46. The molecule has 178 valence electrons. The van der Waals surface area contributed by atoms with Gasteiger partial charge in [0, 0.05) is 25.8 Å². The molecule has 1 saturated heterocycles. The molecular formula is C23H30N4O4S2. The van der Waals surface area contributed by atoms with Crippen LogP contribution in [0.3, 0.4) is 0 Å². The number of amides is 1. The summed E-state index contributed by atoms with van der Waals surface area (Å²) < 4.78 is 35.9. The van der Waals surface area contributed by atoms with Gasteiger partial charge in [-0.2, -0.15) is 0 Å². The van der Waals surface area contributed by atoms with E-state index in [0.29, 0.717) is 32.7 Å². The van der Waals surface area contributed by atoms with Gasteiger partial charge in [0.25, 0.3) is 5.91 Å². The third-order valence-electron chi connectivity index (χ3n) is 6.11. The number of sulfonamides is 1. The first-order valence-electron chi connectivity index (χ1n) is 11.2. The summed E-state index contributed by atoms with van der Waals surface area (Å²) in [5, 5.41) is 0.638. The van der Waals surface area contributed by atoms with Gasteiger partial charge in [-0.15, -0.1) is 11.3 Å². The van der Waals surface area contributed by atoms with Crippen molar-refractivity contribution in [1.82, 2.24) is 19.2 Å². The summed E-state index contributed by atoms with van der Waals surface area (Å²) in [5.74, 6) is 1.30. The fourth-order valence-electron chi connectivity index (χ4n) is 4.09. The monoisotopic (exact) mass is 490 g/mol. The highest BCUT2D eigenvalue weighted by molar-refractivity contribution is 7.89. The second-order valence-corrected chi connectivity index (χ2v) is 11.2. The van der Waals surface area contributed by atoms with E-state index in [9.17, 15) is 13.2 Å². The highest BCUT2D eigenvalue weighted by Gasteiger charge is 2.27. The third kappa shape index (κ3) is 4.92. The lowest BCUT2D eigenvalue weighted by Gasteiger charge is -2.19. The molecule has 10 heteroatoms. The molecule has 0 aliphatic carbocycles. The number of nitrogens with zero attached hydrogens (tertiary/aromatic N) is 3. The van der Waals surface area contributed by atoms with Gasteiger partial charge in [-0.25, -0.2) is 18.1 Å². The van der Waals surface area contributed by atoms with Crippen LogP contribution in [-0.4, -0.2) is 41.9 Å². The Balaban J connectivity index is 1.59. The van der Waals surface area contributed by atoms with E-state index >= 15 is 0 Å². The molecule has 0 aromatic carbocycles. The molecule has 0 saturated carbocycles. The summed E-state index contributed by atoms with van der Waals surface area (Å²) in [6, 6.07) is 5.18.